The minimum absolute atomic E-state index is 0.0225. The molecule has 0 saturated carbocycles. The van der Waals surface area contributed by atoms with Crippen LogP contribution in [0.3, 0.4) is 0 Å². The van der Waals surface area contributed by atoms with Crippen LogP contribution in [0, 0.1) is 0 Å². The van der Waals surface area contributed by atoms with Crippen LogP contribution in [0.2, 0.25) is 0 Å². The predicted octanol–water partition coefficient (Wildman–Crippen LogP) is 0.245. The maximum absolute atomic E-state index is 12.0. The Morgan fingerprint density at radius 3 is 2.52 bits per heavy atom. The van der Waals surface area contributed by atoms with Gasteiger partial charge in [0.05, 0.1) is 6.42 Å². The fourth-order valence-electron chi connectivity index (χ4n) is 1.83. The number of benzene rings is 1. The fraction of sp³-hybridized carbons (Fsp3) is 0.312. The lowest BCUT2D eigenvalue weighted by molar-refractivity contribution is -0.147. The summed E-state index contributed by atoms with van der Waals surface area (Å²) in [6.07, 6.45) is 1.22. The average molecular weight is 320 g/mol. The monoisotopic (exact) mass is 320 g/mol. The van der Waals surface area contributed by atoms with Gasteiger partial charge in [0.1, 0.15) is 18.7 Å². The Bertz CT molecular complexity index is 559. The molecular weight excluding hydrogens is 300 g/mol. The standard InChI is InChI=1S/C16H20N2O5/c1-2-8-23-16(22)13(9-11-6-4-3-5-7-11)18-14(19)10-12(17)15(20)21/h2-7,12-13H,1,8-10,17H2,(H,18,19)(H,20,21). The van der Waals surface area contributed by atoms with Crippen LogP contribution in [0.5, 0.6) is 0 Å². The third-order valence-corrected chi connectivity index (χ3v) is 2.97. The number of ether oxygens (including phenoxy) is 1. The number of rotatable bonds is 9. The third-order valence-electron chi connectivity index (χ3n) is 2.97. The molecule has 1 amide bonds. The van der Waals surface area contributed by atoms with E-state index in [9.17, 15) is 14.4 Å². The van der Waals surface area contributed by atoms with Crippen molar-refractivity contribution in [3.63, 3.8) is 0 Å². The van der Waals surface area contributed by atoms with Gasteiger partial charge in [-0.05, 0) is 5.56 Å². The van der Waals surface area contributed by atoms with Gasteiger partial charge in [-0.25, -0.2) is 4.79 Å². The van der Waals surface area contributed by atoms with Gasteiger partial charge >= 0.3 is 11.9 Å². The normalized spacial score (nSPS) is 12.7. The van der Waals surface area contributed by atoms with Crippen LogP contribution in [0.1, 0.15) is 12.0 Å². The summed E-state index contributed by atoms with van der Waals surface area (Å²) in [6, 6.07) is 6.82. The Kier molecular flexibility index (Phi) is 7.49. The Labute approximate surface area is 134 Å². The van der Waals surface area contributed by atoms with E-state index in [0.717, 1.165) is 5.56 Å². The second kappa shape index (κ2) is 9.37. The highest BCUT2D eigenvalue weighted by molar-refractivity contribution is 5.88. The number of carboxylic acid groups (broad SMARTS) is 1. The van der Waals surface area contributed by atoms with E-state index in [1.54, 1.807) is 0 Å². The van der Waals surface area contributed by atoms with E-state index < -0.39 is 36.4 Å². The van der Waals surface area contributed by atoms with Crippen molar-refractivity contribution in [2.45, 2.75) is 24.9 Å². The Morgan fingerprint density at radius 1 is 1.30 bits per heavy atom. The number of carbonyl (C=O) groups excluding carboxylic acids is 2. The van der Waals surface area contributed by atoms with Gasteiger partial charge < -0.3 is 20.9 Å². The first-order valence-electron chi connectivity index (χ1n) is 7.03. The first kappa shape index (κ1) is 18.4. The van der Waals surface area contributed by atoms with Gasteiger partial charge in [-0.3, -0.25) is 9.59 Å². The molecular formula is C16H20N2O5. The molecule has 0 saturated heterocycles. The molecule has 0 aromatic heterocycles. The van der Waals surface area contributed by atoms with E-state index in [0.29, 0.717) is 0 Å². The second-order valence-electron chi connectivity index (χ2n) is 4.88. The van der Waals surface area contributed by atoms with E-state index >= 15 is 0 Å². The number of hydrogen-bond donors (Lipinski definition) is 3. The molecule has 1 aromatic rings. The molecule has 124 valence electrons. The minimum atomic E-state index is -1.32. The molecule has 0 aliphatic rings. The molecule has 2 atom stereocenters. The highest BCUT2D eigenvalue weighted by atomic mass is 16.5. The fourth-order valence-corrected chi connectivity index (χ4v) is 1.83. The van der Waals surface area contributed by atoms with E-state index in [1.807, 2.05) is 30.3 Å². The van der Waals surface area contributed by atoms with Gasteiger partial charge in [0.15, 0.2) is 0 Å². The van der Waals surface area contributed by atoms with Crippen LogP contribution in [0.15, 0.2) is 43.0 Å². The maximum Gasteiger partial charge on any atom is 0.329 e. The Hall–Kier alpha value is -2.67. The van der Waals surface area contributed by atoms with Crippen molar-refractivity contribution in [2.75, 3.05) is 6.61 Å². The highest BCUT2D eigenvalue weighted by Crippen LogP contribution is 2.05. The van der Waals surface area contributed by atoms with Gasteiger partial charge in [0, 0.05) is 6.42 Å². The second-order valence-corrected chi connectivity index (χ2v) is 4.88. The number of amides is 1. The van der Waals surface area contributed by atoms with Crippen molar-refractivity contribution in [1.29, 1.82) is 0 Å². The summed E-state index contributed by atoms with van der Waals surface area (Å²) in [5.41, 5.74) is 6.14. The van der Waals surface area contributed by atoms with Crippen molar-refractivity contribution >= 4 is 17.8 Å². The first-order chi connectivity index (χ1) is 10.9. The topological polar surface area (TPSA) is 119 Å². The number of nitrogens with one attached hydrogen (secondary N) is 1. The van der Waals surface area contributed by atoms with E-state index in [4.69, 9.17) is 15.6 Å². The van der Waals surface area contributed by atoms with Crippen LogP contribution in [0.4, 0.5) is 0 Å². The van der Waals surface area contributed by atoms with E-state index in [2.05, 4.69) is 11.9 Å². The van der Waals surface area contributed by atoms with Gasteiger partial charge in [-0.15, -0.1) is 0 Å². The molecule has 1 rings (SSSR count). The molecule has 0 radical (unpaired) electrons. The zero-order chi connectivity index (χ0) is 17.2. The zero-order valence-corrected chi connectivity index (χ0v) is 12.6. The molecule has 0 spiro atoms. The summed E-state index contributed by atoms with van der Waals surface area (Å²) in [4.78, 5) is 34.6. The van der Waals surface area contributed by atoms with Gasteiger partial charge in [-0.2, -0.15) is 0 Å². The van der Waals surface area contributed by atoms with Crippen LogP contribution < -0.4 is 11.1 Å². The van der Waals surface area contributed by atoms with Gasteiger partial charge in [0.2, 0.25) is 5.91 Å². The largest absolute Gasteiger partial charge is 0.480 e. The molecule has 23 heavy (non-hydrogen) atoms. The highest BCUT2D eigenvalue weighted by Gasteiger charge is 2.24. The summed E-state index contributed by atoms with van der Waals surface area (Å²) in [5, 5.41) is 11.2. The molecule has 0 bridgehead atoms. The Balaban J connectivity index is 2.74. The summed E-state index contributed by atoms with van der Waals surface area (Å²) >= 11 is 0. The predicted molar refractivity (Wildman–Crippen MR) is 83.5 cm³/mol. The molecule has 0 aliphatic heterocycles. The molecule has 4 N–H and O–H groups in total. The number of nitrogens with two attached hydrogens (primary N) is 1. The Morgan fingerprint density at radius 2 is 1.96 bits per heavy atom. The number of carbonyl (C=O) groups is 3. The zero-order valence-electron chi connectivity index (χ0n) is 12.6. The maximum atomic E-state index is 12.0. The molecule has 0 fully saturated rings. The van der Waals surface area contributed by atoms with Crippen molar-refractivity contribution in [1.82, 2.24) is 5.32 Å². The lowest BCUT2D eigenvalue weighted by atomic mass is 10.1. The van der Waals surface area contributed by atoms with Crippen LogP contribution in [-0.2, 0) is 25.5 Å². The summed E-state index contributed by atoms with van der Waals surface area (Å²) in [5.74, 6) is -2.53. The number of aliphatic carboxylic acids is 1. The van der Waals surface area contributed by atoms with Crippen LogP contribution in [0.25, 0.3) is 0 Å². The summed E-state index contributed by atoms with van der Waals surface area (Å²) < 4.78 is 4.96. The van der Waals surface area contributed by atoms with E-state index in [1.165, 1.54) is 6.08 Å². The number of carboxylic acids is 1. The summed E-state index contributed by atoms with van der Waals surface area (Å²) in [7, 11) is 0. The molecule has 0 aliphatic carbocycles. The lowest BCUT2D eigenvalue weighted by Crippen LogP contribution is -2.46. The third kappa shape index (κ3) is 6.75. The van der Waals surface area contributed by atoms with Crippen molar-refractivity contribution in [3.05, 3.63) is 48.6 Å². The van der Waals surface area contributed by atoms with Crippen molar-refractivity contribution in [3.8, 4) is 0 Å². The van der Waals surface area contributed by atoms with Crippen molar-refractivity contribution < 1.29 is 24.2 Å². The quantitative estimate of drug-likeness (QED) is 0.443. The number of hydrogen-bond acceptors (Lipinski definition) is 5. The SMILES string of the molecule is C=CCOC(=O)C(Cc1ccccc1)NC(=O)CC(N)C(=O)O. The van der Waals surface area contributed by atoms with Gasteiger partial charge in [0.25, 0.3) is 0 Å². The molecule has 7 heteroatoms. The molecule has 1 aromatic carbocycles. The van der Waals surface area contributed by atoms with Crippen molar-refractivity contribution in [2.24, 2.45) is 5.73 Å². The van der Waals surface area contributed by atoms with Gasteiger partial charge in [-0.1, -0.05) is 43.0 Å². The van der Waals surface area contributed by atoms with E-state index in [-0.39, 0.29) is 13.0 Å². The smallest absolute Gasteiger partial charge is 0.329 e. The van der Waals surface area contributed by atoms with Crippen LogP contribution in [-0.4, -0.2) is 41.6 Å². The molecule has 7 nitrogen and oxygen atoms in total. The molecule has 2 unspecified atom stereocenters. The minimum Gasteiger partial charge on any atom is -0.480 e. The van der Waals surface area contributed by atoms with Crippen LogP contribution >= 0.6 is 0 Å². The first-order valence-corrected chi connectivity index (χ1v) is 7.03. The lowest BCUT2D eigenvalue weighted by Gasteiger charge is -2.18. The average Bonchev–Trinajstić information content (AvgIpc) is 2.52. The number of esters is 1. The molecule has 0 heterocycles. The summed E-state index contributed by atoms with van der Waals surface area (Å²) in [6.45, 7) is 3.47.